The third-order valence-electron chi connectivity index (χ3n) is 3.34. The van der Waals surface area contributed by atoms with Crippen LogP contribution in [0.2, 0.25) is 5.02 Å². The maximum absolute atomic E-state index is 12.5. The molecule has 0 saturated heterocycles. The van der Waals surface area contributed by atoms with Gasteiger partial charge in [0.15, 0.2) is 5.78 Å². The Morgan fingerprint density at radius 3 is 2.30 bits per heavy atom. The molecule has 0 aliphatic rings. The van der Waals surface area contributed by atoms with Crippen molar-refractivity contribution in [3.8, 4) is 0 Å². The van der Waals surface area contributed by atoms with Crippen LogP contribution in [0, 0.1) is 0 Å². The molecule has 122 valence electrons. The first-order valence-corrected chi connectivity index (χ1v) is 9.08. The summed E-state index contributed by atoms with van der Waals surface area (Å²) in [5, 5.41) is -0.666. The number of ketones is 1. The Kier molecular flexibility index (Phi) is 5.52. The van der Waals surface area contributed by atoms with Crippen molar-refractivity contribution < 1.29 is 13.2 Å². The number of carbonyl (C=O) groups is 1. The van der Waals surface area contributed by atoms with Gasteiger partial charge >= 0.3 is 0 Å². The smallest absolute Gasteiger partial charge is 0.244 e. The van der Waals surface area contributed by atoms with E-state index in [9.17, 15) is 13.2 Å². The molecule has 1 unspecified atom stereocenters. The van der Waals surface area contributed by atoms with Gasteiger partial charge in [0.25, 0.3) is 0 Å². The van der Waals surface area contributed by atoms with Crippen molar-refractivity contribution in [2.45, 2.75) is 10.1 Å². The van der Waals surface area contributed by atoms with Crippen LogP contribution in [-0.4, -0.2) is 32.6 Å². The summed E-state index contributed by atoms with van der Waals surface area (Å²) in [5.74, 6) is -0.204. The number of sulfonamides is 1. The number of Topliss-reactive ketones (excluding diaryl/α,β-unsaturated/α-hetero) is 1. The third kappa shape index (κ3) is 3.77. The van der Waals surface area contributed by atoms with Gasteiger partial charge < -0.3 is 0 Å². The van der Waals surface area contributed by atoms with Gasteiger partial charge in [0.1, 0.15) is 4.90 Å². The van der Waals surface area contributed by atoms with Gasteiger partial charge in [-0.1, -0.05) is 48.0 Å². The van der Waals surface area contributed by atoms with Crippen molar-refractivity contribution in [1.82, 2.24) is 4.31 Å². The Morgan fingerprint density at radius 2 is 1.74 bits per heavy atom. The van der Waals surface area contributed by atoms with Crippen LogP contribution in [-0.2, 0) is 10.0 Å². The van der Waals surface area contributed by atoms with Gasteiger partial charge in [0.05, 0.1) is 10.3 Å². The molecule has 0 radical (unpaired) electrons. The molecule has 0 aliphatic carbocycles. The summed E-state index contributed by atoms with van der Waals surface area (Å²) in [6, 6.07) is 13.2. The molecule has 0 bridgehead atoms. The molecular weight excluding hydrogens is 354 g/mol. The van der Waals surface area contributed by atoms with Crippen LogP contribution in [0.25, 0.3) is 0 Å². The van der Waals surface area contributed by atoms with Crippen LogP contribution >= 0.6 is 24.2 Å². The van der Waals surface area contributed by atoms with Crippen LogP contribution in [0.3, 0.4) is 0 Å². The molecule has 7 heteroatoms. The number of halogens is 1. The fraction of sp³-hybridized carbons (Fsp3) is 0.188. The zero-order valence-corrected chi connectivity index (χ0v) is 15.1. The lowest BCUT2D eigenvalue weighted by molar-refractivity contribution is 0.0990. The summed E-state index contributed by atoms with van der Waals surface area (Å²) in [6.45, 7) is 0. The van der Waals surface area contributed by atoms with E-state index in [0.717, 1.165) is 4.31 Å². The average Bonchev–Trinajstić information content (AvgIpc) is 2.54. The van der Waals surface area contributed by atoms with Crippen LogP contribution in [0.1, 0.15) is 21.2 Å². The van der Waals surface area contributed by atoms with Crippen LogP contribution < -0.4 is 0 Å². The number of hydrogen-bond acceptors (Lipinski definition) is 4. The maximum atomic E-state index is 12.5. The third-order valence-corrected chi connectivity index (χ3v) is 6.17. The molecule has 0 fully saturated rings. The standard InChI is InChI=1S/C16H16ClNO3S2/c1-18(2)23(20,21)14-10-12(8-9-13(14)17)16(22)15(19)11-6-4-3-5-7-11/h3-10,16,22H,1-2H3. The van der Waals surface area contributed by atoms with Crippen LogP contribution in [0.15, 0.2) is 53.4 Å². The van der Waals surface area contributed by atoms with Crippen molar-refractivity contribution >= 4 is 40.0 Å². The summed E-state index contributed by atoms with van der Waals surface area (Å²) in [4.78, 5) is 12.4. The van der Waals surface area contributed by atoms with E-state index in [4.69, 9.17) is 11.6 Å². The Balaban J connectivity index is 2.44. The van der Waals surface area contributed by atoms with Crippen LogP contribution in [0.5, 0.6) is 0 Å². The molecule has 0 spiro atoms. The lowest BCUT2D eigenvalue weighted by Crippen LogP contribution is -2.23. The highest BCUT2D eigenvalue weighted by Gasteiger charge is 2.24. The number of nitrogens with zero attached hydrogens (tertiary/aromatic N) is 1. The minimum Gasteiger partial charge on any atom is -0.293 e. The number of benzene rings is 2. The van der Waals surface area contributed by atoms with E-state index >= 15 is 0 Å². The summed E-state index contributed by atoms with van der Waals surface area (Å²) in [5.41, 5.74) is 0.992. The molecule has 0 N–H and O–H groups in total. The first kappa shape index (κ1) is 18.0. The Bertz CT molecular complexity index is 820. The topological polar surface area (TPSA) is 54.5 Å². The fourth-order valence-corrected chi connectivity index (χ4v) is 3.71. The fourth-order valence-electron chi connectivity index (χ4n) is 2.00. The molecular formula is C16H16ClNO3S2. The molecule has 23 heavy (non-hydrogen) atoms. The largest absolute Gasteiger partial charge is 0.293 e. The first-order chi connectivity index (χ1) is 10.7. The number of carbonyl (C=O) groups excluding carboxylic acids is 1. The molecule has 4 nitrogen and oxygen atoms in total. The van der Waals surface area contributed by atoms with Gasteiger partial charge in [-0.15, -0.1) is 0 Å². The highest BCUT2D eigenvalue weighted by Crippen LogP contribution is 2.31. The minimum absolute atomic E-state index is 0.0402. The second-order valence-corrected chi connectivity index (χ2v) is 8.15. The molecule has 0 aromatic heterocycles. The molecule has 0 amide bonds. The SMILES string of the molecule is CN(C)S(=O)(=O)c1cc(C(S)C(=O)c2ccccc2)ccc1Cl. The van der Waals surface area contributed by atoms with Crippen molar-refractivity contribution in [3.63, 3.8) is 0 Å². The number of rotatable bonds is 5. The van der Waals surface area contributed by atoms with E-state index in [1.165, 1.54) is 26.2 Å². The average molecular weight is 370 g/mol. The molecule has 2 rings (SSSR count). The lowest BCUT2D eigenvalue weighted by atomic mass is 10.0. The number of hydrogen-bond donors (Lipinski definition) is 1. The molecule has 0 heterocycles. The normalized spacial score (nSPS) is 13.1. The van der Waals surface area contributed by atoms with Crippen molar-refractivity contribution in [2.24, 2.45) is 0 Å². The highest BCUT2D eigenvalue weighted by atomic mass is 35.5. The lowest BCUT2D eigenvalue weighted by Gasteiger charge is -2.16. The zero-order valence-electron chi connectivity index (χ0n) is 12.6. The van der Waals surface area contributed by atoms with Gasteiger partial charge in [-0.25, -0.2) is 12.7 Å². The minimum atomic E-state index is -3.70. The van der Waals surface area contributed by atoms with E-state index in [2.05, 4.69) is 12.6 Å². The maximum Gasteiger partial charge on any atom is 0.244 e. The predicted molar refractivity (Wildman–Crippen MR) is 94.8 cm³/mol. The van der Waals surface area contributed by atoms with Gasteiger partial charge in [0, 0.05) is 19.7 Å². The van der Waals surface area contributed by atoms with Gasteiger partial charge in [0.2, 0.25) is 10.0 Å². The second kappa shape index (κ2) is 7.05. The predicted octanol–water partition coefficient (Wildman–Crippen LogP) is 3.44. The summed E-state index contributed by atoms with van der Waals surface area (Å²) >= 11 is 10.4. The van der Waals surface area contributed by atoms with E-state index in [-0.39, 0.29) is 15.7 Å². The zero-order chi connectivity index (χ0) is 17.2. The molecule has 2 aromatic rings. The van der Waals surface area contributed by atoms with Crippen molar-refractivity contribution in [2.75, 3.05) is 14.1 Å². The van der Waals surface area contributed by atoms with Gasteiger partial charge in [-0.05, 0) is 17.7 Å². The van der Waals surface area contributed by atoms with E-state index in [0.29, 0.717) is 11.1 Å². The summed E-state index contributed by atoms with van der Waals surface area (Å²) in [6.07, 6.45) is 0. The second-order valence-electron chi connectivity index (χ2n) is 5.11. The highest BCUT2D eigenvalue weighted by molar-refractivity contribution is 7.89. The van der Waals surface area contributed by atoms with Gasteiger partial charge in [-0.2, -0.15) is 12.6 Å². The molecule has 2 aromatic carbocycles. The van der Waals surface area contributed by atoms with E-state index in [1.807, 2.05) is 6.07 Å². The van der Waals surface area contributed by atoms with Gasteiger partial charge in [-0.3, -0.25) is 4.79 Å². The van der Waals surface area contributed by atoms with Crippen molar-refractivity contribution in [3.05, 3.63) is 64.7 Å². The molecule has 0 aliphatic heterocycles. The van der Waals surface area contributed by atoms with E-state index in [1.54, 1.807) is 30.3 Å². The Morgan fingerprint density at radius 1 is 1.13 bits per heavy atom. The monoisotopic (exact) mass is 369 g/mol. The Hall–Kier alpha value is -1.34. The van der Waals surface area contributed by atoms with Crippen LogP contribution in [0.4, 0.5) is 0 Å². The van der Waals surface area contributed by atoms with Crippen molar-refractivity contribution in [1.29, 1.82) is 0 Å². The quantitative estimate of drug-likeness (QED) is 0.648. The summed E-state index contributed by atoms with van der Waals surface area (Å²) in [7, 11) is -0.853. The molecule has 0 saturated carbocycles. The summed E-state index contributed by atoms with van der Waals surface area (Å²) < 4.78 is 25.7. The molecule has 1 atom stereocenters. The first-order valence-electron chi connectivity index (χ1n) is 6.74. The van der Waals surface area contributed by atoms with E-state index < -0.39 is 15.3 Å². The number of thiol groups is 1. The Labute approximate surface area is 146 Å².